The maximum atomic E-state index is 13.2. The monoisotopic (exact) mass is 453 g/mol. The molecule has 0 saturated carbocycles. The molecule has 0 radical (unpaired) electrons. The van der Waals surface area contributed by atoms with Crippen molar-refractivity contribution in [2.75, 3.05) is 0 Å². The second-order valence-electron chi connectivity index (χ2n) is 7.62. The van der Waals surface area contributed by atoms with Crippen LogP contribution in [0.25, 0.3) is 0 Å². The summed E-state index contributed by atoms with van der Waals surface area (Å²) in [5, 5.41) is 13.7. The summed E-state index contributed by atoms with van der Waals surface area (Å²) < 4.78 is 13.2. The summed E-state index contributed by atoms with van der Waals surface area (Å²) in [5.41, 5.74) is 1.23. The lowest BCUT2D eigenvalue weighted by Gasteiger charge is -2.22. The molecule has 2 aromatic carbocycles. The van der Waals surface area contributed by atoms with Crippen molar-refractivity contribution in [3.05, 3.63) is 81.1 Å². The highest BCUT2D eigenvalue weighted by atomic mass is 32.1. The Hall–Kier alpha value is -3.66. The Kier molecular flexibility index (Phi) is 5.70. The highest BCUT2D eigenvalue weighted by molar-refractivity contribution is 7.13. The Bertz CT molecular complexity index is 1180. The van der Waals surface area contributed by atoms with Crippen LogP contribution in [-0.4, -0.2) is 32.9 Å². The van der Waals surface area contributed by atoms with Crippen molar-refractivity contribution in [3.8, 4) is 0 Å². The van der Waals surface area contributed by atoms with Gasteiger partial charge in [0.15, 0.2) is 0 Å². The van der Waals surface area contributed by atoms with E-state index in [2.05, 4.69) is 20.8 Å². The van der Waals surface area contributed by atoms with E-state index >= 15 is 0 Å². The van der Waals surface area contributed by atoms with Gasteiger partial charge in [-0.05, 0) is 37.1 Å². The fourth-order valence-electron chi connectivity index (χ4n) is 3.33. The van der Waals surface area contributed by atoms with Crippen LogP contribution in [0.4, 0.5) is 9.18 Å². The molecule has 1 aliphatic heterocycles. The van der Waals surface area contributed by atoms with Crippen LogP contribution in [0.3, 0.4) is 0 Å². The van der Waals surface area contributed by atoms with Gasteiger partial charge in [0.05, 0.1) is 6.54 Å². The van der Waals surface area contributed by atoms with Crippen molar-refractivity contribution in [1.29, 1.82) is 0 Å². The summed E-state index contributed by atoms with van der Waals surface area (Å²) in [7, 11) is 0. The molecule has 0 bridgehead atoms. The number of hydrogen-bond acceptors (Lipinski definition) is 6. The zero-order valence-electron chi connectivity index (χ0n) is 17.4. The predicted octanol–water partition coefficient (Wildman–Crippen LogP) is 2.88. The minimum atomic E-state index is -1.32. The third kappa shape index (κ3) is 4.22. The molecule has 0 aliphatic carbocycles. The molecule has 1 fully saturated rings. The van der Waals surface area contributed by atoms with E-state index in [1.54, 1.807) is 6.92 Å². The van der Waals surface area contributed by atoms with E-state index < -0.39 is 23.3 Å². The average Bonchev–Trinajstić information content (AvgIpc) is 3.33. The van der Waals surface area contributed by atoms with E-state index in [9.17, 15) is 18.8 Å². The molecule has 1 atom stereocenters. The van der Waals surface area contributed by atoms with Crippen LogP contribution in [0.2, 0.25) is 0 Å². The number of benzene rings is 2. The van der Waals surface area contributed by atoms with Crippen LogP contribution in [-0.2, 0) is 23.4 Å². The van der Waals surface area contributed by atoms with Crippen LogP contribution >= 0.6 is 11.3 Å². The van der Waals surface area contributed by atoms with Gasteiger partial charge < -0.3 is 10.6 Å². The van der Waals surface area contributed by atoms with Gasteiger partial charge in [-0.3, -0.25) is 14.5 Å². The van der Waals surface area contributed by atoms with E-state index in [1.807, 2.05) is 31.2 Å². The molecule has 1 aromatic heterocycles. The lowest BCUT2D eigenvalue weighted by Crippen LogP contribution is -2.40. The number of halogens is 1. The molecule has 0 spiro atoms. The van der Waals surface area contributed by atoms with Gasteiger partial charge in [-0.2, -0.15) is 0 Å². The first kappa shape index (κ1) is 21.6. The number of carbonyl (C=O) groups is 3. The zero-order chi connectivity index (χ0) is 22.9. The van der Waals surface area contributed by atoms with E-state index in [4.69, 9.17) is 0 Å². The fourth-order valence-corrected chi connectivity index (χ4v) is 4.07. The molecule has 2 N–H and O–H groups in total. The lowest BCUT2D eigenvalue weighted by molar-refractivity contribution is -0.131. The number of nitrogens with zero attached hydrogens (tertiary/aromatic N) is 3. The third-order valence-electron chi connectivity index (χ3n) is 5.22. The molecule has 164 valence electrons. The normalized spacial score (nSPS) is 18.0. The first-order chi connectivity index (χ1) is 15.3. The maximum absolute atomic E-state index is 13.2. The number of urea groups is 1. The summed E-state index contributed by atoms with van der Waals surface area (Å²) >= 11 is 1.01. The Morgan fingerprint density at radius 1 is 1.12 bits per heavy atom. The van der Waals surface area contributed by atoms with Gasteiger partial charge in [0.25, 0.3) is 11.8 Å². The fraction of sp³-hybridized carbons (Fsp3) is 0.227. The van der Waals surface area contributed by atoms with Gasteiger partial charge in [0, 0.05) is 6.54 Å². The number of aromatic nitrogens is 2. The Morgan fingerprint density at radius 3 is 2.50 bits per heavy atom. The second kappa shape index (κ2) is 8.46. The zero-order valence-corrected chi connectivity index (χ0v) is 18.2. The number of amides is 4. The van der Waals surface area contributed by atoms with Gasteiger partial charge >= 0.3 is 6.03 Å². The molecule has 32 heavy (non-hydrogen) atoms. The first-order valence-electron chi connectivity index (χ1n) is 9.82. The maximum Gasteiger partial charge on any atom is 0.325 e. The lowest BCUT2D eigenvalue weighted by atomic mass is 9.92. The van der Waals surface area contributed by atoms with Gasteiger partial charge in [-0.15, -0.1) is 10.2 Å². The smallest absolute Gasteiger partial charge is 0.325 e. The summed E-state index contributed by atoms with van der Waals surface area (Å²) in [4.78, 5) is 38.8. The van der Waals surface area contributed by atoms with Gasteiger partial charge in [-0.25, -0.2) is 9.18 Å². The van der Waals surface area contributed by atoms with Gasteiger partial charge in [-0.1, -0.05) is 53.3 Å². The number of imide groups is 1. The number of carbonyl (C=O) groups excluding carboxylic acids is 3. The molecule has 0 unspecified atom stereocenters. The second-order valence-corrected chi connectivity index (χ2v) is 8.68. The molecule has 4 amide bonds. The predicted molar refractivity (Wildman–Crippen MR) is 115 cm³/mol. The van der Waals surface area contributed by atoms with E-state index in [1.165, 1.54) is 24.3 Å². The van der Waals surface area contributed by atoms with Crippen molar-refractivity contribution in [2.24, 2.45) is 0 Å². The largest absolute Gasteiger partial charge is 0.346 e. The van der Waals surface area contributed by atoms with Crippen LogP contribution in [0.15, 0.2) is 48.5 Å². The molecule has 10 heteroatoms. The molecule has 4 rings (SSSR count). The number of rotatable bonds is 6. The topological polar surface area (TPSA) is 104 Å². The quantitative estimate of drug-likeness (QED) is 0.559. The van der Waals surface area contributed by atoms with Crippen LogP contribution < -0.4 is 10.6 Å². The summed E-state index contributed by atoms with van der Waals surface area (Å²) in [6, 6.07) is 12.6. The number of aryl methyl sites for hydroxylation is 1. The third-order valence-corrected chi connectivity index (χ3v) is 6.13. The Morgan fingerprint density at radius 2 is 1.81 bits per heavy atom. The van der Waals surface area contributed by atoms with Crippen molar-refractivity contribution in [3.63, 3.8) is 0 Å². The van der Waals surface area contributed by atoms with Crippen molar-refractivity contribution in [2.45, 2.75) is 32.5 Å². The summed E-state index contributed by atoms with van der Waals surface area (Å²) in [6.07, 6.45) is 0. The minimum Gasteiger partial charge on any atom is -0.346 e. The molecule has 8 nitrogen and oxygen atoms in total. The van der Waals surface area contributed by atoms with Gasteiger partial charge in [0.2, 0.25) is 5.01 Å². The molecule has 1 saturated heterocycles. The molecule has 2 heterocycles. The van der Waals surface area contributed by atoms with Crippen LogP contribution in [0, 0.1) is 12.7 Å². The van der Waals surface area contributed by atoms with Crippen LogP contribution in [0.5, 0.6) is 0 Å². The summed E-state index contributed by atoms with van der Waals surface area (Å²) in [5.74, 6) is -1.31. The van der Waals surface area contributed by atoms with Crippen molar-refractivity contribution in [1.82, 2.24) is 25.7 Å². The summed E-state index contributed by atoms with van der Waals surface area (Å²) in [6.45, 7) is 3.77. The van der Waals surface area contributed by atoms with E-state index in [0.717, 1.165) is 27.4 Å². The van der Waals surface area contributed by atoms with Crippen molar-refractivity contribution < 1.29 is 18.8 Å². The Balaban J connectivity index is 1.42. The van der Waals surface area contributed by atoms with E-state index in [-0.39, 0.29) is 17.5 Å². The van der Waals surface area contributed by atoms with Crippen LogP contribution in [0.1, 0.15) is 38.4 Å². The average molecular weight is 453 g/mol. The highest BCUT2D eigenvalue weighted by Gasteiger charge is 2.49. The molecular weight excluding hydrogens is 433 g/mol. The van der Waals surface area contributed by atoms with Gasteiger partial charge in [0.1, 0.15) is 16.4 Å². The van der Waals surface area contributed by atoms with Crippen molar-refractivity contribution >= 4 is 29.2 Å². The Labute approximate surface area is 187 Å². The molecule has 1 aliphatic rings. The number of nitrogens with one attached hydrogen (secondary N) is 2. The number of hydrogen-bond donors (Lipinski definition) is 2. The highest BCUT2D eigenvalue weighted by Crippen LogP contribution is 2.30. The van der Waals surface area contributed by atoms with E-state index in [0.29, 0.717) is 17.1 Å². The standard InChI is InChI=1S/C22H20FN5O3S/c1-13-3-5-14(6-4-13)11-24-18(29)19-27-26-17(32-19)12-28-20(30)22(2,25-21(28)31)15-7-9-16(23)10-8-15/h3-10H,11-12H2,1-2H3,(H,24,29)(H,25,31)/t22-/m1/s1. The first-order valence-corrected chi connectivity index (χ1v) is 10.6. The molecule has 3 aromatic rings. The SMILES string of the molecule is Cc1ccc(CNC(=O)c2nnc(CN3C(=O)N[C@](C)(c4ccc(F)cc4)C3=O)s2)cc1. The minimum absolute atomic E-state index is 0.121. The molecular formula is C22H20FN5O3S.